The van der Waals surface area contributed by atoms with Gasteiger partial charge < -0.3 is 10.1 Å². The molecule has 2 rings (SSSR count). The molecule has 1 aromatic carbocycles. The zero-order chi connectivity index (χ0) is 13.5. The van der Waals surface area contributed by atoms with E-state index < -0.39 is 4.92 Å². The van der Waals surface area contributed by atoms with Gasteiger partial charge in [0.1, 0.15) is 0 Å². The number of nitro benzene ring substituents is 1. The molecule has 0 spiro atoms. The summed E-state index contributed by atoms with van der Waals surface area (Å²) in [5.41, 5.74) is 0.781. The Morgan fingerprint density at radius 2 is 2.06 bits per heavy atom. The lowest BCUT2D eigenvalue weighted by atomic mass is 9.86. The van der Waals surface area contributed by atoms with Crippen molar-refractivity contribution in [1.29, 1.82) is 0 Å². The van der Waals surface area contributed by atoms with Crippen molar-refractivity contribution in [2.24, 2.45) is 0 Å². The topological polar surface area (TPSA) is 81.5 Å². The van der Waals surface area contributed by atoms with Crippen LogP contribution in [0.25, 0.3) is 0 Å². The van der Waals surface area contributed by atoms with Crippen LogP contribution in [0.3, 0.4) is 0 Å². The standard InChI is InChI=1S/C12H14N2O4/c1-12(2,3)7-4-8-11(9(5-7)14(16)17)18-6-10(15)13-8/h4-5H,6H2,1-3H3,(H,13,15). The highest BCUT2D eigenvalue weighted by Crippen LogP contribution is 2.41. The van der Waals surface area contributed by atoms with E-state index in [0.717, 1.165) is 5.56 Å². The number of benzene rings is 1. The summed E-state index contributed by atoms with van der Waals surface area (Å²) in [6.07, 6.45) is 0. The average molecular weight is 250 g/mol. The van der Waals surface area contributed by atoms with Crippen LogP contribution in [0.1, 0.15) is 26.3 Å². The Balaban J connectivity index is 2.63. The van der Waals surface area contributed by atoms with Crippen molar-refractivity contribution in [3.05, 3.63) is 27.8 Å². The van der Waals surface area contributed by atoms with Gasteiger partial charge in [-0.3, -0.25) is 14.9 Å². The van der Waals surface area contributed by atoms with Gasteiger partial charge in [-0.25, -0.2) is 0 Å². The number of carbonyl (C=O) groups is 1. The number of nitrogens with zero attached hydrogens (tertiary/aromatic N) is 1. The molecule has 0 aromatic heterocycles. The molecule has 1 aliphatic heterocycles. The minimum absolute atomic E-state index is 0.113. The fourth-order valence-electron chi connectivity index (χ4n) is 1.75. The Bertz CT molecular complexity index is 532. The highest BCUT2D eigenvalue weighted by molar-refractivity contribution is 5.96. The van der Waals surface area contributed by atoms with Crippen molar-refractivity contribution >= 4 is 17.3 Å². The van der Waals surface area contributed by atoms with E-state index in [1.807, 2.05) is 20.8 Å². The maximum absolute atomic E-state index is 11.3. The SMILES string of the molecule is CC(C)(C)c1cc2c(c([N+](=O)[O-])c1)OCC(=O)N2. The number of hydrogen-bond acceptors (Lipinski definition) is 4. The number of amides is 1. The van der Waals surface area contributed by atoms with Crippen molar-refractivity contribution in [2.75, 3.05) is 11.9 Å². The van der Waals surface area contributed by atoms with Gasteiger partial charge in [-0.15, -0.1) is 0 Å². The first-order valence-corrected chi connectivity index (χ1v) is 5.54. The normalized spacial score (nSPS) is 14.5. The quantitative estimate of drug-likeness (QED) is 0.612. The van der Waals surface area contributed by atoms with Gasteiger partial charge in [0, 0.05) is 6.07 Å². The molecule has 96 valence electrons. The summed E-state index contributed by atoms with van der Waals surface area (Å²) in [6, 6.07) is 3.22. The lowest BCUT2D eigenvalue weighted by molar-refractivity contribution is -0.385. The third kappa shape index (κ3) is 2.13. The van der Waals surface area contributed by atoms with E-state index >= 15 is 0 Å². The monoisotopic (exact) mass is 250 g/mol. The van der Waals surface area contributed by atoms with E-state index in [9.17, 15) is 14.9 Å². The molecule has 0 saturated heterocycles. The Labute approximate surface area is 104 Å². The summed E-state index contributed by atoms with van der Waals surface area (Å²) in [7, 11) is 0. The Hall–Kier alpha value is -2.11. The minimum Gasteiger partial charge on any atom is -0.475 e. The van der Waals surface area contributed by atoms with Crippen LogP contribution in [0.2, 0.25) is 0 Å². The van der Waals surface area contributed by atoms with Gasteiger partial charge in [-0.05, 0) is 17.0 Å². The Morgan fingerprint density at radius 1 is 1.39 bits per heavy atom. The van der Waals surface area contributed by atoms with Gasteiger partial charge >= 0.3 is 5.69 Å². The van der Waals surface area contributed by atoms with Crippen molar-refractivity contribution < 1.29 is 14.5 Å². The summed E-state index contributed by atoms with van der Waals surface area (Å²) < 4.78 is 5.14. The lowest BCUT2D eigenvalue weighted by Gasteiger charge is -2.23. The predicted octanol–water partition coefficient (Wildman–Crippen LogP) is 2.22. The van der Waals surface area contributed by atoms with Crippen LogP contribution in [-0.2, 0) is 10.2 Å². The smallest absolute Gasteiger partial charge is 0.313 e. The first-order valence-electron chi connectivity index (χ1n) is 5.54. The number of hydrogen-bond donors (Lipinski definition) is 1. The molecule has 6 heteroatoms. The summed E-state index contributed by atoms with van der Waals surface area (Å²) in [5, 5.41) is 13.6. The van der Waals surface area contributed by atoms with Crippen LogP contribution in [0.5, 0.6) is 5.75 Å². The Morgan fingerprint density at radius 3 is 2.61 bits per heavy atom. The molecule has 6 nitrogen and oxygen atoms in total. The van der Waals surface area contributed by atoms with Crippen molar-refractivity contribution in [2.45, 2.75) is 26.2 Å². The fraction of sp³-hybridized carbons (Fsp3) is 0.417. The second-order valence-electron chi connectivity index (χ2n) is 5.22. The van der Waals surface area contributed by atoms with Crippen molar-refractivity contribution in [3.63, 3.8) is 0 Å². The highest BCUT2D eigenvalue weighted by Gasteiger charge is 2.29. The first kappa shape index (κ1) is 12.3. The number of fused-ring (bicyclic) bond motifs is 1. The average Bonchev–Trinajstić information content (AvgIpc) is 2.25. The predicted molar refractivity (Wildman–Crippen MR) is 65.9 cm³/mol. The molecular weight excluding hydrogens is 236 g/mol. The van der Waals surface area contributed by atoms with Gasteiger partial charge in [-0.1, -0.05) is 20.8 Å². The molecule has 1 aromatic rings. The Kier molecular flexibility index (Phi) is 2.73. The third-order valence-electron chi connectivity index (χ3n) is 2.75. The molecule has 0 saturated carbocycles. The molecule has 1 aliphatic rings. The van der Waals surface area contributed by atoms with E-state index in [1.165, 1.54) is 6.07 Å². The van der Waals surface area contributed by atoms with Gasteiger partial charge in [0.25, 0.3) is 5.91 Å². The molecule has 18 heavy (non-hydrogen) atoms. The number of nitrogens with one attached hydrogen (secondary N) is 1. The fourth-order valence-corrected chi connectivity index (χ4v) is 1.75. The van der Waals surface area contributed by atoms with Crippen molar-refractivity contribution in [1.82, 2.24) is 0 Å². The highest BCUT2D eigenvalue weighted by atomic mass is 16.6. The molecule has 0 atom stereocenters. The summed E-state index contributed by atoms with van der Waals surface area (Å²) >= 11 is 0. The number of carbonyl (C=O) groups excluding carboxylic acids is 1. The zero-order valence-electron chi connectivity index (χ0n) is 10.4. The van der Waals surface area contributed by atoms with Gasteiger partial charge in [0.15, 0.2) is 6.61 Å². The third-order valence-corrected chi connectivity index (χ3v) is 2.75. The van der Waals surface area contributed by atoms with Crippen molar-refractivity contribution in [3.8, 4) is 5.75 Å². The maximum atomic E-state index is 11.3. The summed E-state index contributed by atoms with van der Waals surface area (Å²) in [6.45, 7) is 5.65. The van der Waals surface area contributed by atoms with Gasteiger partial charge in [0.05, 0.1) is 10.6 Å². The zero-order valence-corrected chi connectivity index (χ0v) is 10.4. The number of anilines is 1. The largest absolute Gasteiger partial charge is 0.475 e. The van der Waals surface area contributed by atoms with E-state index in [4.69, 9.17) is 4.74 Å². The van der Waals surface area contributed by atoms with Crippen LogP contribution in [0.15, 0.2) is 12.1 Å². The van der Waals surface area contributed by atoms with E-state index in [1.54, 1.807) is 6.07 Å². The molecule has 1 heterocycles. The van der Waals surface area contributed by atoms with Crippen LogP contribution < -0.4 is 10.1 Å². The molecular formula is C12H14N2O4. The number of ether oxygens (including phenoxy) is 1. The van der Waals surface area contributed by atoms with Crippen LogP contribution in [-0.4, -0.2) is 17.4 Å². The number of nitro groups is 1. The van der Waals surface area contributed by atoms with Crippen LogP contribution in [0, 0.1) is 10.1 Å². The molecule has 0 bridgehead atoms. The minimum atomic E-state index is -0.494. The second-order valence-corrected chi connectivity index (χ2v) is 5.22. The molecule has 0 unspecified atom stereocenters. The van der Waals surface area contributed by atoms with E-state index in [2.05, 4.69) is 5.32 Å². The van der Waals surface area contributed by atoms with Crippen LogP contribution in [0.4, 0.5) is 11.4 Å². The second kappa shape index (κ2) is 3.97. The van der Waals surface area contributed by atoms with Crippen LogP contribution >= 0.6 is 0 Å². The molecule has 0 aliphatic carbocycles. The maximum Gasteiger partial charge on any atom is 0.313 e. The molecule has 1 amide bonds. The van der Waals surface area contributed by atoms with E-state index in [0.29, 0.717) is 5.69 Å². The van der Waals surface area contributed by atoms with Gasteiger partial charge in [0.2, 0.25) is 5.75 Å². The summed E-state index contributed by atoms with van der Waals surface area (Å²) in [4.78, 5) is 21.8. The van der Waals surface area contributed by atoms with Gasteiger partial charge in [-0.2, -0.15) is 0 Å². The van der Waals surface area contributed by atoms with E-state index in [-0.39, 0.29) is 29.4 Å². The lowest BCUT2D eigenvalue weighted by Crippen LogP contribution is -2.26. The molecule has 0 fully saturated rings. The molecule has 0 radical (unpaired) electrons. The summed E-state index contributed by atoms with van der Waals surface area (Å²) in [5.74, 6) is -0.171. The first-order chi connectivity index (χ1) is 8.29. The molecule has 1 N–H and O–H groups in total. The number of rotatable bonds is 1.